The van der Waals surface area contributed by atoms with Gasteiger partial charge in [0.05, 0.1) is 17.1 Å². The zero-order valence-corrected chi connectivity index (χ0v) is 21.5. The summed E-state index contributed by atoms with van der Waals surface area (Å²) in [5.41, 5.74) is 9.90. The van der Waals surface area contributed by atoms with Gasteiger partial charge < -0.3 is 8.98 Å². The van der Waals surface area contributed by atoms with Gasteiger partial charge in [-0.25, -0.2) is 0 Å². The van der Waals surface area contributed by atoms with Gasteiger partial charge >= 0.3 is 0 Å². The van der Waals surface area contributed by atoms with E-state index in [1.54, 1.807) is 0 Å². The fraction of sp³-hybridized carbons (Fsp3) is 0.0811. The van der Waals surface area contributed by atoms with E-state index in [0.29, 0.717) is 12.2 Å². The number of aromatic nitrogens is 1. The van der Waals surface area contributed by atoms with E-state index in [-0.39, 0.29) is 5.54 Å². The van der Waals surface area contributed by atoms with Crippen molar-refractivity contribution in [2.24, 2.45) is 0 Å². The summed E-state index contributed by atoms with van der Waals surface area (Å²) in [5.74, 6) is 0. The molecule has 3 nitrogen and oxygen atoms in total. The van der Waals surface area contributed by atoms with Crippen LogP contribution in [0.2, 0.25) is 0 Å². The van der Waals surface area contributed by atoms with Crippen LogP contribution in [0.1, 0.15) is 11.7 Å². The highest BCUT2D eigenvalue weighted by Crippen LogP contribution is 2.71. The Labute approximate surface area is 229 Å². The van der Waals surface area contributed by atoms with Crippen molar-refractivity contribution >= 4 is 54.5 Å². The molecule has 3 heteroatoms. The van der Waals surface area contributed by atoms with Crippen LogP contribution in [0.4, 0.5) is 0 Å². The van der Waals surface area contributed by atoms with E-state index in [2.05, 4.69) is 131 Å². The number of hydrogen-bond donors (Lipinski definition) is 0. The van der Waals surface area contributed by atoms with Gasteiger partial charge in [0.1, 0.15) is 22.9 Å². The fourth-order valence-corrected chi connectivity index (χ4v) is 8.39. The van der Waals surface area contributed by atoms with Crippen LogP contribution in [0, 0.1) is 0 Å². The predicted molar refractivity (Wildman–Crippen MR) is 162 cm³/mol. The van der Waals surface area contributed by atoms with E-state index in [4.69, 9.17) is 4.42 Å². The standard InChI is InChI=1S/C37H22N2O/c1-3-10-24-21(7-1)9-5-11-25(24)22-15-17-31-27(19-22)34-32(40-31)18-16-30-33(34)26-12-6-13-28-35(26)38(30)36-37(28)20-23-8-2-4-14-29(23)39(36)37/h1-20,29,36H. The van der Waals surface area contributed by atoms with E-state index in [1.807, 2.05) is 0 Å². The van der Waals surface area contributed by atoms with E-state index in [0.717, 1.165) is 11.2 Å². The Morgan fingerprint density at radius 2 is 1.60 bits per heavy atom. The summed E-state index contributed by atoms with van der Waals surface area (Å²) in [6, 6.07) is 33.6. The highest BCUT2D eigenvalue weighted by atomic mass is 16.3. The van der Waals surface area contributed by atoms with Crippen LogP contribution in [-0.2, 0) is 5.54 Å². The second kappa shape index (κ2) is 6.47. The van der Waals surface area contributed by atoms with E-state index in [9.17, 15) is 0 Å². The molecule has 1 saturated heterocycles. The number of nitrogens with zero attached hydrogens (tertiary/aromatic N) is 2. The number of allylic oxidation sites excluding steroid dienone is 2. The summed E-state index contributed by atoms with van der Waals surface area (Å²) in [6.07, 6.45) is 11.8. The number of para-hydroxylation sites is 1. The van der Waals surface area contributed by atoms with E-state index in [1.165, 1.54) is 65.6 Å². The average Bonchev–Trinajstić information content (AvgIpc) is 3.37. The third kappa shape index (κ3) is 2.08. The molecule has 0 bridgehead atoms. The van der Waals surface area contributed by atoms with Gasteiger partial charge in [-0.15, -0.1) is 0 Å². The quantitative estimate of drug-likeness (QED) is 0.206. The summed E-state index contributed by atoms with van der Waals surface area (Å²) in [7, 11) is 0. The van der Waals surface area contributed by atoms with Gasteiger partial charge in [0, 0.05) is 27.1 Å². The first-order chi connectivity index (χ1) is 19.8. The van der Waals surface area contributed by atoms with Crippen molar-refractivity contribution < 1.29 is 4.42 Å². The molecule has 40 heavy (non-hydrogen) atoms. The Hall–Kier alpha value is -4.86. The molecule has 4 aliphatic rings. The van der Waals surface area contributed by atoms with Crippen LogP contribution in [0.5, 0.6) is 0 Å². The molecule has 0 N–H and O–H groups in total. The van der Waals surface area contributed by atoms with Crippen molar-refractivity contribution in [3.63, 3.8) is 0 Å². The smallest absolute Gasteiger partial charge is 0.136 e. The fourth-order valence-electron chi connectivity index (χ4n) is 8.39. The molecule has 1 aliphatic carbocycles. The first-order valence-electron chi connectivity index (χ1n) is 14.1. The number of hydrogen-bond acceptors (Lipinski definition) is 2. The number of fused-ring (bicyclic) bond motifs is 12. The summed E-state index contributed by atoms with van der Waals surface area (Å²) < 4.78 is 9.10. The molecule has 1 fully saturated rings. The van der Waals surface area contributed by atoms with Gasteiger partial charge in [0.15, 0.2) is 0 Å². The van der Waals surface area contributed by atoms with Gasteiger partial charge in [-0.3, -0.25) is 4.90 Å². The number of benzene rings is 5. The summed E-state index contributed by atoms with van der Waals surface area (Å²) >= 11 is 0. The minimum Gasteiger partial charge on any atom is -0.456 e. The lowest BCUT2D eigenvalue weighted by atomic mass is 9.93. The first kappa shape index (κ1) is 20.1. The van der Waals surface area contributed by atoms with Crippen LogP contribution in [-0.4, -0.2) is 15.5 Å². The highest BCUT2D eigenvalue weighted by molar-refractivity contribution is 6.28. The van der Waals surface area contributed by atoms with Crippen LogP contribution >= 0.6 is 0 Å². The Morgan fingerprint density at radius 3 is 2.60 bits per heavy atom. The van der Waals surface area contributed by atoms with Gasteiger partial charge in [-0.05, 0) is 51.7 Å². The lowest BCUT2D eigenvalue weighted by Gasteiger charge is -2.18. The third-order valence-electron chi connectivity index (χ3n) is 9.93. The maximum Gasteiger partial charge on any atom is 0.136 e. The minimum atomic E-state index is -0.0169. The van der Waals surface area contributed by atoms with Gasteiger partial charge in [0.25, 0.3) is 0 Å². The minimum absolute atomic E-state index is 0.0169. The van der Waals surface area contributed by atoms with Crippen molar-refractivity contribution in [1.82, 2.24) is 9.47 Å². The molecule has 0 amide bonds. The van der Waals surface area contributed by atoms with Crippen molar-refractivity contribution in [1.29, 1.82) is 0 Å². The largest absolute Gasteiger partial charge is 0.456 e. The summed E-state index contributed by atoms with van der Waals surface area (Å²) in [6.45, 7) is 0. The maximum atomic E-state index is 6.48. The molecule has 4 unspecified atom stereocenters. The molecular weight excluding hydrogens is 488 g/mol. The second-order valence-electron chi connectivity index (χ2n) is 11.7. The SMILES string of the molecule is C1=CC2=CC34c5cccc6c7c8c(ccc7n(c56)C3N4C2C=C1)oc1ccc(-c2cccc3ccccc23)cc18. The predicted octanol–water partition coefficient (Wildman–Crippen LogP) is 8.97. The molecule has 11 rings (SSSR count). The number of furan rings is 1. The normalized spacial score (nSPS) is 25.3. The molecule has 3 aliphatic heterocycles. The molecular formula is C37H22N2O. The molecule has 1 spiro atoms. The van der Waals surface area contributed by atoms with Gasteiger partial charge in [0.2, 0.25) is 0 Å². The second-order valence-corrected chi connectivity index (χ2v) is 11.7. The monoisotopic (exact) mass is 510 g/mol. The van der Waals surface area contributed by atoms with Crippen LogP contribution in [0.3, 0.4) is 0 Å². The lowest BCUT2D eigenvalue weighted by Crippen LogP contribution is -2.21. The zero-order chi connectivity index (χ0) is 25.7. The molecule has 0 radical (unpaired) electrons. The molecule has 0 saturated carbocycles. The van der Waals surface area contributed by atoms with Gasteiger partial charge in [-0.2, -0.15) is 0 Å². The van der Waals surface area contributed by atoms with Crippen molar-refractivity contribution in [3.8, 4) is 11.1 Å². The molecule has 2 aromatic heterocycles. The highest BCUT2D eigenvalue weighted by Gasteiger charge is 2.73. The Bertz CT molecular complexity index is 2410. The molecule has 186 valence electrons. The van der Waals surface area contributed by atoms with E-state index < -0.39 is 0 Å². The van der Waals surface area contributed by atoms with Crippen LogP contribution in [0.15, 0.2) is 131 Å². The summed E-state index contributed by atoms with van der Waals surface area (Å²) in [5, 5.41) is 7.59. The van der Waals surface area contributed by atoms with Gasteiger partial charge in [-0.1, -0.05) is 97.1 Å². The molecule has 4 atom stereocenters. The molecule has 7 aromatic rings. The van der Waals surface area contributed by atoms with Crippen molar-refractivity contribution in [2.75, 3.05) is 0 Å². The molecule has 5 heterocycles. The summed E-state index contributed by atoms with van der Waals surface area (Å²) in [4.78, 5) is 2.68. The average molecular weight is 511 g/mol. The Balaban J connectivity index is 1.22. The topological polar surface area (TPSA) is 21.1 Å². The Morgan fingerprint density at radius 1 is 0.725 bits per heavy atom. The maximum absolute atomic E-state index is 6.48. The lowest BCUT2D eigenvalue weighted by molar-refractivity contribution is 0.417. The van der Waals surface area contributed by atoms with Crippen molar-refractivity contribution in [3.05, 3.63) is 133 Å². The van der Waals surface area contributed by atoms with E-state index >= 15 is 0 Å². The Kier molecular flexibility index (Phi) is 3.25. The van der Waals surface area contributed by atoms with Crippen LogP contribution < -0.4 is 0 Å². The van der Waals surface area contributed by atoms with Crippen molar-refractivity contribution in [2.45, 2.75) is 17.7 Å². The van der Waals surface area contributed by atoms with Crippen LogP contribution in [0.25, 0.3) is 65.6 Å². The third-order valence-corrected chi connectivity index (χ3v) is 9.93. The number of rotatable bonds is 1. The molecule has 5 aromatic carbocycles. The zero-order valence-electron chi connectivity index (χ0n) is 21.5. The first-order valence-corrected chi connectivity index (χ1v) is 14.1.